The average Bonchev–Trinajstić information content (AvgIpc) is 1.59. The number of hydrogen-bond acceptors (Lipinski definition) is 11. The number of aliphatic hydroxyl groups is 2. The zero-order valence-corrected chi connectivity index (χ0v) is 55.5. The van der Waals surface area contributed by atoms with E-state index in [4.69, 9.17) is 59.8 Å². The van der Waals surface area contributed by atoms with Gasteiger partial charge in [0, 0.05) is 170 Å². The summed E-state index contributed by atoms with van der Waals surface area (Å²) in [6.45, 7) is -11.9. The van der Waals surface area contributed by atoms with Crippen molar-refractivity contribution in [3.63, 3.8) is 0 Å². The number of aliphatic hydroxyl groups excluding tert-OH is 2. The Labute approximate surface area is 602 Å². The number of thiophene rings is 2. The van der Waals surface area contributed by atoms with Gasteiger partial charge in [0.25, 0.3) is 0 Å². The summed E-state index contributed by atoms with van der Waals surface area (Å²) in [6.07, 6.45) is 9.70. The number of aryl methyl sites for hydroxylation is 6. The van der Waals surface area contributed by atoms with Crippen LogP contribution in [0.4, 0.5) is 0 Å². The molecule has 0 unspecified atom stereocenters. The number of fused-ring (bicyclic) bond motifs is 6. The molecule has 18 heteroatoms. The number of hydrogen-bond donors (Lipinski definition) is 2. The first-order valence-corrected chi connectivity index (χ1v) is 28.8. The van der Waals surface area contributed by atoms with E-state index in [1.807, 2.05) is 66.7 Å². The van der Waals surface area contributed by atoms with E-state index in [9.17, 15) is 0 Å². The van der Waals surface area contributed by atoms with Crippen LogP contribution in [0.1, 0.15) is 70.5 Å². The fraction of sp³-hybridized carbons (Fsp3) is 0.139. The average molecular weight is 1610 g/mol. The first-order chi connectivity index (χ1) is 51.3. The summed E-state index contributed by atoms with van der Waals surface area (Å²) in [5.41, 5.74) is 4.72. The zero-order chi connectivity index (χ0) is 83.1. The van der Waals surface area contributed by atoms with Crippen LogP contribution in [0.15, 0.2) is 188 Å². The molecule has 0 fully saturated rings. The quantitative estimate of drug-likeness (QED) is 0.0760. The van der Waals surface area contributed by atoms with Gasteiger partial charge in [-0.3, -0.25) is 4.98 Å². The Kier molecular flexibility index (Phi) is 22.8. The number of terminal acetylenes is 1. The van der Waals surface area contributed by atoms with Crippen LogP contribution < -0.4 is 0 Å². The van der Waals surface area contributed by atoms with E-state index in [1.165, 1.54) is 61.2 Å². The van der Waals surface area contributed by atoms with Gasteiger partial charge in [-0.15, -0.1) is 112 Å². The fourth-order valence-electron chi connectivity index (χ4n) is 7.11. The molecular formula is C72H64B4Ir2N4O5S3-4. The summed E-state index contributed by atoms with van der Waals surface area (Å²) in [5, 5.41) is 18.4. The third-order valence-corrected chi connectivity index (χ3v) is 13.0. The standard InChI is InChI=1S/C18H13NS.C18H12NS.2C13H12N.C7H4.CH4O3S.2CH4O.B4.2Ir/c2*1-12-9-10-16(19-11-12)15-7-4-6-14-13-5-2-3-8-17(13)20-18(14)15;2*1-10-3-6-12(7-4-10)13-8-5-11(2)9-14-13;1-3-5-7-6-4-2;1-5(2,3)4;2*1-2;1-4(2)3;;/h2-11H,1H3;2-6,8-11H,1H3;2*3-6,8-9H,1-2H3;1H,2H3;1H3,(H,2,3,4);2*2H,1H3;;;/q;3*-1;;;;;;;/p-1/i2*1D3,9D,10D;2*1D3,2D3;;;;;;;. The molecule has 9 nitrogen and oxygen atoms in total. The van der Waals surface area contributed by atoms with Crippen LogP contribution in [0.5, 0.6) is 0 Å². The SMILES string of the molecule is C#CC#CC#CC.CO.CO.CS(=O)(=O)[O-].[2H]C([2H])([2H])c1c[c-]c(-c2ccc(C([2H])([2H])[2H])cn2)cc1.[2H]C([2H])([2H])c1c[c-]c(-c2ccc(C([2H])([2H])[2H])cn2)cc1.[2H]c1c(C([2H])([2H])[2H])cnc(-c2[c-]ccc3c2sc2ccccc23)c1[2H].[2H]c1c(C([2H])([2H])[2H])cnc(-c2cccc3c2sc2ccccc23)c1[2H].[B]B([B])[B].[Ir].[Ir]. The van der Waals surface area contributed by atoms with Crippen molar-refractivity contribution in [1.82, 2.24) is 19.9 Å². The molecule has 2 N–H and O–H groups in total. The number of pyridine rings is 4. The second kappa shape index (κ2) is 41.7. The molecule has 12 rings (SSSR count). The Bertz CT molecular complexity index is 4950. The molecule has 0 aliphatic rings. The molecule has 6 heterocycles. The summed E-state index contributed by atoms with van der Waals surface area (Å²) in [5.74, 6) is 12.0. The molecule has 0 spiro atoms. The predicted octanol–water partition coefficient (Wildman–Crippen LogP) is 14.5. The molecule has 0 aliphatic carbocycles. The van der Waals surface area contributed by atoms with Crippen molar-refractivity contribution < 1.29 is 93.6 Å². The molecule has 0 saturated heterocycles. The first-order valence-electron chi connectivity index (χ1n) is 36.3. The minimum absolute atomic E-state index is 0. The predicted molar refractivity (Wildman–Crippen MR) is 374 cm³/mol. The van der Waals surface area contributed by atoms with Crippen molar-refractivity contribution in [3.8, 4) is 81.1 Å². The largest absolute Gasteiger partial charge is 0.748 e. The third-order valence-electron chi connectivity index (χ3n) is 10.5. The Morgan fingerprint density at radius 3 is 1.40 bits per heavy atom. The molecule has 12 aromatic rings. The molecule has 0 bridgehead atoms. The molecule has 6 aromatic carbocycles. The Morgan fingerprint density at radius 2 is 0.956 bits per heavy atom. The molecule has 0 amide bonds. The summed E-state index contributed by atoms with van der Waals surface area (Å²) >= 11 is 3.19. The van der Waals surface area contributed by atoms with Gasteiger partial charge in [-0.05, 0) is 126 Å². The Hall–Kier alpha value is -7.57. The Morgan fingerprint density at radius 1 is 0.533 bits per heavy atom. The van der Waals surface area contributed by atoms with Gasteiger partial charge < -0.3 is 29.7 Å². The normalized spacial score (nSPS) is 13.9. The summed E-state index contributed by atoms with van der Waals surface area (Å²) in [6, 6.07) is 48.7. The molecule has 8 radical (unpaired) electrons. The number of rotatable bonds is 4. The van der Waals surface area contributed by atoms with Crippen LogP contribution in [0.3, 0.4) is 0 Å². The molecule has 0 saturated carbocycles. The van der Waals surface area contributed by atoms with Crippen molar-refractivity contribution in [2.45, 2.75) is 48.0 Å². The molecular weight excluding hydrogens is 1520 g/mol. The maximum atomic E-state index is 9.08. The third kappa shape index (κ3) is 26.5. The Balaban J connectivity index is 0.000000467. The monoisotopic (exact) mass is 1610 g/mol. The minimum Gasteiger partial charge on any atom is -0.748 e. The van der Waals surface area contributed by atoms with Gasteiger partial charge in [-0.25, -0.2) is 8.42 Å². The van der Waals surface area contributed by atoms with E-state index in [0.717, 1.165) is 60.1 Å². The van der Waals surface area contributed by atoms with E-state index in [2.05, 4.69) is 97.0 Å². The minimum atomic E-state index is -3.92. The number of aromatic nitrogens is 4. The fourth-order valence-corrected chi connectivity index (χ4v) is 9.53. The van der Waals surface area contributed by atoms with Crippen LogP contribution in [0, 0.1) is 95.3 Å². The van der Waals surface area contributed by atoms with Gasteiger partial charge in [-0.1, -0.05) is 122 Å². The summed E-state index contributed by atoms with van der Waals surface area (Å²) in [7, 11) is 12.1. The van der Waals surface area contributed by atoms with Crippen LogP contribution in [0.25, 0.3) is 85.4 Å². The van der Waals surface area contributed by atoms with Crippen LogP contribution in [-0.2, 0) is 50.3 Å². The molecule has 90 heavy (non-hydrogen) atoms. The van der Waals surface area contributed by atoms with E-state index < -0.39 is 57.6 Å². The van der Waals surface area contributed by atoms with E-state index in [1.54, 1.807) is 59.9 Å². The first kappa shape index (κ1) is 49.2. The van der Waals surface area contributed by atoms with Crippen molar-refractivity contribution >= 4 is 103 Å². The maximum absolute atomic E-state index is 9.08. The van der Waals surface area contributed by atoms with Gasteiger partial charge in [-0.2, -0.15) is 11.3 Å². The van der Waals surface area contributed by atoms with Crippen molar-refractivity contribution in [1.29, 1.82) is 0 Å². The van der Waals surface area contributed by atoms with Crippen molar-refractivity contribution in [3.05, 3.63) is 240 Å². The van der Waals surface area contributed by atoms with Crippen LogP contribution >= 0.6 is 22.7 Å². The molecule has 454 valence electrons. The van der Waals surface area contributed by atoms with Crippen molar-refractivity contribution in [2.24, 2.45) is 0 Å². The van der Waals surface area contributed by atoms with Crippen LogP contribution in [-0.4, -0.2) is 93.2 Å². The maximum Gasteiger partial charge on any atom is 0.0916 e. The number of nitrogens with zero attached hydrogens (tertiary/aromatic N) is 4. The van der Waals surface area contributed by atoms with E-state index >= 15 is 0 Å². The summed E-state index contributed by atoms with van der Waals surface area (Å²) in [4.78, 5) is 16.6. The number of benzene rings is 6. The van der Waals surface area contributed by atoms with Gasteiger partial charge in [0.15, 0.2) is 0 Å². The van der Waals surface area contributed by atoms with E-state index in [0.29, 0.717) is 40.0 Å². The van der Waals surface area contributed by atoms with Crippen molar-refractivity contribution in [2.75, 3.05) is 20.5 Å². The topological polar surface area (TPSA) is 149 Å². The van der Waals surface area contributed by atoms with Gasteiger partial charge >= 0.3 is 0 Å². The zero-order valence-electron chi connectivity index (χ0n) is 70.3. The van der Waals surface area contributed by atoms with Gasteiger partial charge in [0.05, 0.1) is 21.3 Å². The van der Waals surface area contributed by atoms with Gasteiger partial charge in [0.1, 0.15) is 0 Å². The second-order valence-corrected chi connectivity index (χ2v) is 20.4. The second-order valence-electron chi connectivity index (χ2n) is 16.9. The summed E-state index contributed by atoms with van der Waals surface area (Å²) < 4.78 is 196. The molecule has 0 aliphatic heterocycles. The smallest absolute Gasteiger partial charge is 0.0916 e. The van der Waals surface area contributed by atoms with E-state index in [-0.39, 0.29) is 103 Å². The van der Waals surface area contributed by atoms with Crippen LogP contribution in [0.2, 0.25) is 0 Å². The van der Waals surface area contributed by atoms with Gasteiger partial charge in [0.2, 0.25) is 0 Å². The molecule has 0 atom stereocenters. The molecule has 6 aromatic heterocycles.